The molecule has 0 bridgehead atoms. The van der Waals surface area contributed by atoms with E-state index in [2.05, 4.69) is 10.3 Å². The molecule has 0 radical (unpaired) electrons. The maximum Gasteiger partial charge on any atom is 0.103 e. The van der Waals surface area contributed by atoms with E-state index in [-0.39, 0.29) is 11.8 Å². The molecule has 1 fully saturated rings. The third-order valence-electron chi connectivity index (χ3n) is 2.68. The largest absolute Gasteiger partial charge is 0.386 e. The third-order valence-corrected chi connectivity index (χ3v) is 4.27. The van der Waals surface area contributed by atoms with Crippen molar-refractivity contribution in [2.45, 2.75) is 15.9 Å². The van der Waals surface area contributed by atoms with Gasteiger partial charge in [-0.3, -0.25) is 0 Å². The molecule has 0 spiro atoms. The van der Waals surface area contributed by atoms with Crippen molar-refractivity contribution in [2.24, 2.45) is 5.73 Å². The molecule has 2 atom stereocenters. The zero-order chi connectivity index (χ0) is 11.6. The SMILES string of the molecule is NC[C@]1(O)CNC[C@@H]1Sc1ccc(Cl)cn1. The number of hydrogen-bond donors (Lipinski definition) is 3. The number of nitrogens with two attached hydrogens (primary N) is 1. The molecule has 2 rings (SSSR count). The number of thioether (sulfide) groups is 1. The number of nitrogens with zero attached hydrogens (tertiary/aromatic N) is 1. The van der Waals surface area contributed by atoms with Crippen molar-refractivity contribution in [3.63, 3.8) is 0 Å². The minimum atomic E-state index is -0.841. The molecule has 2 heterocycles. The fourth-order valence-electron chi connectivity index (χ4n) is 1.66. The van der Waals surface area contributed by atoms with Gasteiger partial charge in [-0.25, -0.2) is 4.98 Å². The molecule has 0 aromatic carbocycles. The zero-order valence-corrected chi connectivity index (χ0v) is 10.3. The molecule has 1 aromatic heterocycles. The van der Waals surface area contributed by atoms with E-state index in [4.69, 9.17) is 17.3 Å². The first-order chi connectivity index (χ1) is 7.64. The van der Waals surface area contributed by atoms with Gasteiger partial charge in [0.2, 0.25) is 0 Å². The quantitative estimate of drug-likeness (QED) is 0.737. The molecule has 1 aliphatic heterocycles. The predicted octanol–water partition coefficient (Wildman–Crippen LogP) is 0.489. The van der Waals surface area contributed by atoms with Gasteiger partial charge in [0.15, 0.2) is 0 Å². The first-order valence-corrected chi connectivity index (χ1v) is 6.31. The fourth-order valence-corrected chi connectivity index (χ4v) is 2.92. The Kier molecular flexibility index (Phi) is 3.71. The summed E-state index contributed by atoms with van der Waals surface area (Å²) in [7, 11) is 0. The molecule has 16 heavy (non-hydrogen) atoms. The van der Waals surface area contributed by atoms with E-state index in [9.17, 15) is 5.11 Å². The number of aromatic nitrogens is 1. The lowest BCUT2D eigenvalue weighted by Crippen LogP contribution is -2.46. The van der Waals surface area contributed by atoms with Gasteiger partial charge in [-0.15, -0.1) is 0 Å². The summed E-state index contributed by atoms with van der Waals surface area (Å²) in [5, 5.41) is 14.9. The molecule has 0 unspecified atom stereocenters. The Morgan fingerprint density at radius 2 is 2.50 bits per heavy atom. The number of aliphatic hydroxyl groups is 1. The molecule has 4 nitrogen and oxygen atoms in total. The van der Waals surface area contributed by atoms with Crippen LogP contribution in [0.4, 0.5) is 0 Å². The lowest BCUT2D eigenvalue weighted by Gasteiger charge is -2.26. The van der Waals surface area contributed by atoms with E-state index < -0.39 is 5.60 Å². The second-order valence-corrected chi connectivity index (χ2v) is 5.52. The molecular weight excluding hydrogens is 246 g/mol. The van der Waals surface area contributed by atoms with Gasteiger partial charge < -0.3 is 16.2 Å². The normalized spacial score (nSPS) is 29.6. The molecule has 88 valence electrons. The van der Waals surface area contributed by atoms with Gasteiger partial charge in [0.1, 0.15) is 5.60 Å². The molecule has 1 saturated heterocycles. The molecule has 0 saturated carbocycles. The lowest BCUT2D eigenvalue weighted by atomic mass is 10.0. The Bertz CT molecular complexity index is 362. The highest BCUT2D eigenvalue weighted by Gasteiger charge is 2.40. The van der Waals surface area contributed by atoms with Crippen LogP contribution in [-0.2, 0) is 0 Å². The molecule has 1 aliphatic rings. The molecule has 0 aliphatic carbocycles. The second-order valence-electron chi connectivity index (χ2n) is 3.86. The molecule has 6 heteroatoms. The van der Waals surface area contributed by atoms with E-state index in [0.29, 0.717) is 11.6 Å². The van der Waals surface area contributed by atoms with Crippen LogP contribution in [0.2, 0.25) is 5.02 Å². The zero-order valence-electron chi connectivity index (χ0n) is 8.69. The van der Waals surface area contributed by atoms with Crippen LogP contribution in [0.15, 0.2) is 23.4 Å². The van der Waals surface area contributed by atoms with Crippen LogP contribution in [0.25, 0.3) is 0 Å². The van der Waals surface area contributed by atoms with Gasteiger partial charge >= 0.3 is 0 Å². The third kappa shape index (κ3) is 2.49. The number of halogens is 1. The number of pyridine rings is 1. The van der Waals surface area contributed by atoms with Crippen LogP contribution in [0, 0.1) is 0 Å². The molecule has 0 amide bonds. The summed E-state index contributed by atoms with van der Waals surface area (Å²) >= 11 is 7.29. The maximum absolute atomic E-state index is 10.2. The van der Waals surface area contributed by atoms with Crippen LogP contribution in [-0.4, -0.2) is 40.6 Å². The van der Waals surface area contributed by atoms with Gasteiger partial charge in [0.05, 0.1) is 15.3 Å². The summed E-state index contributed by atoms with van der Waals surface area (Å²) in [5.74, 6) is 0. The molecule has 1 aromatic rings. The van der Waals surface area contributed by atoms with E-state index >= 15 is 0 Å². The van der Waals surface area contributed by atoms with Crippen molar-refractivity contribution in [3.8, 4) is 0 Å². The van der Waals surface area contributed by atoms with E-state index in [1.807, 2.05) is 6.07 Å². The van der Waals surface area contributed by atoms with Gasteiger partial charge in [0, 0.05) is 25.8 Å². The lowest BCUT2D eigenvalue weighted by molar-refractivity contribution is 0.0757. The highest BCUT2D eigenvalue weighted by molar-refractivity contribution is 8.00. The highest BCUT2D eigenvalue weighted by Crippen LogP contribution is 2.31. The average Bonchev–Trinajstić information content (AvgIpc) is 2.65. The average molecular weight is 260 g/mol. The standard InChI is InChI=1S/C10H14ClN3OS/c11-7-1-2-9(14-3-7)16-8-4-13-6-10(8,15)5-12/h1-3,8,13,15H,4-6,12H2/t8-,10-/m0/s1. The maximum atomic E-state index is 10.2. The van der Waals surface area contributed by atoms with Crippen molar-refractivity contribution in [2.75, 3.05) is 19.6 Å². The fraction of sp³-hybridized carbons (Fsp3) is 0.500. The minimum absolute atomic E-state index is 0.0335. The number of rotatable bonds is 3. The Morgan fingerprint density at radius 1 is 1.69 bits per heavy atom. The van der Waals surface area contributed by atoms with Crippen molar-refractivity contribution in [1.29, 1.82) is 0 Å². The monoisotopic (exact) mass is 259 g/mol. The van der Waals surface area contributed by atoms with Crippen molar-refractivity contribution in [3.05, 3.63) is 23.4 Å². The van der Waals surface area contributed by atoms with Crippen molar-refractivity contribution in [1.82, 2.24) is 10.3 Å². The van der Waals surface area contributed by atoms with Gasteiger partial charge in [0.25, 0.3) is 0 Å². The Balaban J connectivity index is 2.07. The van der Waals surface area contributed by atoms with Crippen LogP contribution in [0.1, 0.15) is 0 Å². The minimum Gasteiger partial charge on any atom is -0.386 e. The van der Waals surface area contributed by atoms with Crippen molar-refractivity contribution < 1.29 is 5.11 Å². The predicted molar refractivity (Wildman–Crippen MR) is 65.8 cm³/mol. The summed E-state index contributed by atoms with van der Waals surface area (Å²) in [6.07, 6.45) is 1.60. The summed E-state index contributed by atoms with van der Waals surface area (Å²) < 4.78 is 0. The van der Waals surface area contributed by atoms with Crippen LogP contribution >= 0.6 is 23.4 Å². The topological polar surface area (TPSA) is 71.2 Å². The molecule has 4 N–H and O–H groups in total. The summed E-state index contributed by atoms with van der Waals surface area (Å²) in [6.45, 7) is 1.53. The smallest absolute Gasteiger partial charge is 0.103 e. The van der Waals surface area contributed by atoms with Crippen LogP contribution in [0.5, 0.6) is 0 Å². The number of hydrogen-bond acceptors (Lipinski definition) is 5. The van der Waals surface area contributed by atoms with E-state index in [1.165, 1.54) is 11.8 Å². The first-order valence-electron chi connectivity index (χ1n) is 5.05. The Morgan fingerprint density at radius 3 is 3.12 bits per heavy atom. The Labute approximate surface area is 104 Å². The number of β-amino-alcohol motifs (C(OH)–C–C–N with tert-alkyl or cyclic N) is 1. The second kappa shape index (κ2) is 4.89. The van der Waals surface area contributed by atoms with Gasteiger partial charge in [-0.1, -0.05) is 23.4 Å². The van der Waals surface area contributed by atoms with E-state index in [1.54, 1.807) is 12.3 Å². The molecular formula is C10H14ClN3OS. The van der Waals surface area contributed by atoms with Gasteiger partial charge in [-0.05, 0) is 12.1 Å². The summed E-state index contributed by atoms with van der Waals surface area (Å²) in [4.78, 5) is 4.19. The number of nitrogens with one attached hydrogen (secondary N) is 1. The summed E-state index contributed by atoms with van der Waals surface area (Å²) in [5.41, 5.74) is 4.75. The summed E-state index contributed by atoms with van der Waals surface area (Å²) in [6, 6.07) is 3.64. The van der Waals surface area contributed by atoms with Crippen LogP contribution < -0.4 is 11.1 Å². The van der Waals surface area contributed by atoms with Crippen LogP contribution in [0.3, 0.4) is 0 Å². The van der Waals surface area contributed by atoms with Gasteiger partial charge in [-0.2, -0.15) is 0 Å². The van der Waals surface area contributed by atoms with E-state index in [0.717, 1.165) is 11.6 Å². The first kappa shape index (κ1) is 12.1. The Hall–Kier alpha value is -0.330. The highest BCUT2D eigenvalue weighted by atomic mass is 35.5. The van der Waals surface area contributed by atoms with Crippen molar-refractivity contribution >= 4 is 23.4 Å².